The van der Waals surface area contributed by atoms with Gasteiger partial charge in [-0.15, -0.1) is 0 Å². The normalized spacial score (nSPS) is 15.1. The largest absolute Gasteiger partial charge is 0.497 e. The zero-order valence-corrected chi connectivity index (χ0v) is 11.5. The quantitative estimate of drug-likeness (QED) is 0.784. The molecule has 0 aliphatic carbocycles. The van der Waals surface area contributed by atoms with Crippen molar-refractivity contribution in [1.29, 1.82) is 0 Å². The lowest BCUT2D eigenvalue weighted by Gasteiger charge is -2.01. The average molecular weight is 287 g/mol. The summed E-state index contributed by atoms with van der Waals surface area (Å²) in [4.78, 5) is 12.2. The van der Waals surface area contributed by atoms with E-state index in [0.717, 1.165) is 5.56 Å². The Balaban J connectivity index is 1.97. The Hall–Kier alpha value is -2.26. The molecular weight excluding hydrogens is 276 g/mol. The lowest BCUT2D eigenvalue weighted by molar-refractivity contribution is 0.101. The molecule has 2 aromatic rings. The maximum absolute atomic E-state index is 12.2. The van der Waals surface area contributed by atoms with Gasteiger partial charge in [-0.3, -0.25) is 4.79 Å². The number of fused-ring (bicyclic) bond motifs is 1. The molecule has 1 aliphatic rings. The Morgan fingerprint density at radius 3 is 2.80 bits per heavy atom. The van der Waals surface area contributed by atoms with Gasteiger partial charge in [0.15, 0.2) is 5.76 Å². The summed E-state index contributed by atoms with van der Waals surface area (Å²) in [6.45, 7) is 0. The molecule has 20 heavy (non-hydrogen) atoms. The molecular formula is C16H11ClO3. The number of benzene rings is 2. The second-order valence-corrected chi connectivity index (χ2v) is 4.79. The molecule has 0 saturated carbocycles. The summed E-state index contributed by atoms with van der Waals surface area (Å²) in [5, 5.41) is 0.615. The van der Waals surface area contributed by atoms with Crippen molar-refractivity contribution < 1.29 is 14.3 Å². The van der Waals surface area contributed by atoms with Crippen LogP contribution in [0.15, 0.2) is 48.2 Å². The molecule has 0 atom stereocenters. The van der Waals surface area contributed by atoms with Crippen LogP contribution < -0.4 is 9.47 Å². The van der Waals surface area contributed by atoms with Gasteiger partial charge in [0.25, 0.3) is 0 Å². The average Bonchev–Trinajstić information content (AvgIpc) is 2.75. The topological polar surface area (TPSA) is 35.5 Å². The standard InChI is InChI=1S/C16H11ClO3/c1-19-12-5-6-13-14(9-12)20-15(16(13)18)8-10-3-2-4-11(17)7-10/h2-9H,1H3. The smallest absolute Gasteiger partial charge is 0.231 e. The van der Waals surface area contributed by atoms with E-state index in [2.05, 4.69) is 0 Å². The summed E-state index contributed by atoms with van der Waals surface area (Å²) >= 11 is 5.92. The minimum absolute atomic E-state index is 0.136. The van der Waals surface area contributed by atoms with Crippen molar-refractivity contribution in [2.24, 2.45) is 0 Å². The van der Waals surface area contributed by atoms with E-state index in [1.54, 1.807) is 43.5 Å². The number of methoxy groups -OCH3 is 1. The van der Waals surface area contributed by atoms with Crippen LogP contribution in [0.5, 0.6) is 11.5 Å². The van der Waals surface area contributed by atoms with Crippen molar-refractivity contribution in [3.05, 3.63) is 64.4 Å². The van der Waals surface area contributed by atoms with Gasteiger partial charge >= 0.3 is 0 Å². The Morgan fingerprint density at radius 1 is 1.20 bits per heavy atom. The van der Waals surface area contributed by atoms with Gasteiger partial charge in [-0.25, -0.2) is 0 Å². The SMILES string of the molecule is COc1ccc2c(c1)OC(=Cc1cccc(Cl)c1)C2=O. The molecule has 2 aromatic carbocycles. The molecule has 0 spiro atoms. The summed E-state index contributed by atoms with van der Waals surface area (Å²) in [6.07, 6.45) is 1.68. The highest BCUT2D eigenvalue weighted by Gasteiger charge is 2.27. The van der Waals surface area contributed by atoms with Crippen LogP contribution in [0.4, 0.5) is 0 Å². The van der Waals surface area contributed by atoms with Crippen molar-refractivity contribution in [2.45, 2.75) is 0 Å². The van der Waals surface area contributed by atoms with Crippen LogP contribution in [-0.2, 0) is 0 Å². The summed E-state index contributed by atoms with van der Waals surface area (Å²) < 4.78 is 10.7. The monoisotopic (exact) mass is 286 g/mol. The molecule has 0 saturated heterocycles. The van der Waals surface area contributed by atoms with Gasteiger partial charge in [0.1, 0.15) is 11.5 Å². The summed E-state index contributed by atoms with van der Waals surface area (Å²) in [7, 11) is 1.57. The molecule has 1 heterocycles. The lowest BCUT2D eigenvalue weighted by atomic mass is 10.1. The van der Waals surface area contributed by atoms with Gasteiger partial charge < -0.3 is 9.47 Å². The minimum atomic E-state index is -0.136. The molecule has 3 rings (SSSR count). The highest BCUT2D eigenvalue weighted by Crippen LogP contribution is 2.34. The molecule has 0 radical (unpaired) electrons. The van der Waals surface area contributed by atoms with Crippen molar-refractivity contribution >= 4 is 23.5 Å². The number of halogens is 1. The fraction of sp³-hybridized carbons (Fsp3) is 0.0625. The van der Waals surface area contributed by atoms with Gasteiger partial charge in [0.2, 0.25) is 5.78 Å². The number of rotatable bonds is 2. The van der Waals surface area contributed by atoms with Crippen molar-refractivity contribution in [2.75, 3.05) is 7.11 Å². The fourth-order valence-electron chi connectivity index (χ4n) is 2.04. The number of carbonyl (C=O) groups is 1. The van der Waals surface area contributed by atoms with E-state index >= 15 is 0 Å². The third-order valence-corrected chi connectivity index (χ3v) is 3.26. The van der Waals surface area contributed by atoms with Crippen molar-refractivity contribution in [1.82, 2.24) is 0 Å². The van der Waals surface area contributed by atoms with E-state index in [0.29, 0.717) is 22.1 Å². The van der Waals surface area contributed by atoms with E-state index in [9.17, 15) is 4.79 Å². The predicted octanol–water partition coefficient (Wildman–Crippen LogP) is 3.96. The molecule has 3 nitrogen and oxygen atoms in total. The summed E-state index contributed by atoms with van der Waals surface area (Å²) in [6, 6.07) is 12.4. The highest BCUT2D eigenvalue weighted by molar-refractivity contribution is 6.30. The number of hydrogen-bond acceptors (Lipinski definition) is 3. The molecule has 100 valence electrons. The number of hydrogen-bond donors (Lipinski definition) is 0. The van der Waals surface area contributed by atoms with Crippen LogP contribution in [0, 0.1) is 0 Å². The van der Waals surface area contributed by atoms with Crippen LogP contribution in [0.3, 0.4) is 0 Å². The predicted molar refractivity (Wildman–Crippen MR) is 77.4 cm³/mol. The van der Waals surface area contributed by atoms with Crippen LogP contribution in [-0.4, -0.2) is 12.9 Å². The van der Waals surface area contributed by atoms with Gasteiger partial charge in [-0.1, -0.05) is 23.7 Å². The Kier molecular flexibility index (Phi) is 3.20. The third kappa shape index (κ3) is 2.28. The molecule has 0 bridgehead atoms. The number of Topliss-reactive ketones (excluding diaryl/α,β-unsaturated/α-hetero) is 1. The minimum Gasteiger partial charge on any atom is -0.497 e. The molecule has 1 aliphatic heterocycles. The van der Waals surface area contributed by atoms with Crippen LogP contribution in [0.1, 0.15) is 15.9 Å². The third-order valence-electron chi connectivity index (χ3n) is 3.02. The van der Waals surface area contributed by atoms with Crippen molar-refractivity contribution in [3.63, 3.8) is 0 Å². The number of ketones is 1. The van der Waals surface area contributed by atoms with Gasteiger partial charge in [0, 0.05) is 11.1 Å². The van der Waals surface area contributed by atoms with E-state index in [-0.39, 0.29) is 11.5 Å². The van der Waals surface area contributed by atoms with Gasteiger partial charge in [-0.05, 0) is 35.9 Å². The van der Waals surface area contributed by atoms with Crippen LogP contribution in [0.2, 0.25) is 5.02 Å². The number of carbonyl (C=O) groups excluding carboxylic acids is 1. The number of allylic oxidation sites excluding steroid dienone is 1. The Morgan fingerprint density at radius 2 is 2.05 bits per heavy atom. The first-order valence-corrected chi connectivity index (χ1v) is 6.43. The second kappa shape index (κ2) is 5.02. The first-order valence-electron chi connectivity index (χ1n) is 6.05. The van der Waals surface area contributed by atoms with E-state index in [1.807, 2.05) is 12.1 Å². The Labute approximate surface area is 121 Å². The van der Waals surface area contributed by atoms with Crippen LogP contribution in [0.25, 0.3) is 6.08 Å². The molecule has 0 unspecified atom stereocenters. The van der Waals surface area contributed by atoms with E-state index in [4.69, 9.17) is 21.1 Å². The van der Waals surface area contributed by atoms with E-state index < -0.39 is 0 Å². The number of ether oxygens (including phenoxy) is 2. The fourth-order valence-corrected chi connectivity index (χ4v) is 2.24. The first kappa shape index (κ1) is 12.8. The maximum atomic E-state index is 12.2. The van der Waals surface area contributed by atoms with Gasteiger partial charge in [-0.2, -0.15) is 0 Å². The van der Waals surface area contributed by atoms with E-state index in [1.165, 1.54) is 0 Å². The Bertz CT molecular complexity index is 719. The summed E-state index contributed by atoms with van der Waals surface area (Å²) in [5.74, 6) is 1.32. The van der Waals surface area contributed by atoms with Crippen molar-refractivity contribution in [3.8, 4) is 11.5 Å². The second-order valence-electron chi connectivity index (χ2n) is 4.36. The molecule has 0 amide bonds. The maximum Gasteiger partial charge on any atom is 0.231 e. The highest BCUT2D eigenvalue weighted by atomic mass is 35.5. The zero-order chi connectivity index (χ0) is 14.1. The molecule has 0 N–H and O–H groups in total. The zero-order valence-electron chi connectivity index (χ0n) is 10.7. The van der Waals surface area contributed by atoms with Crippen LogP contribution >= 0.6 is 11.6 Å². The van der Waals surface area contributed by atoms with Gasteiger partial charge in [0.05, 0.1) is 12.7 Å². The molecule has 0 fully saturated rings. The summed E-state index contributed by atoms with van der Waals surface area (Å²) in [5.41, 5.74) is 1.36. The lowest BCUT2D eigenvalue weighted by Crippen LogP contribution is -1.97. The molecule has 0 aromatic heterocycles. The first-order chi connectivity index (χ1) is 9.67. The molecule has 4 heteroatoms.